The first kappa shape index (κ1) is 15.7. The van der Waals surface area contributed by atoms with Gasteiger partial charge in [0.15, 0.2) is 0 Å². The molecule has 0 aliphatic carbocycles. The normalized spacial score (nSPS) is 14.1. The molecule has 0 bridgehead atoms. The summed E-state index contributed by atoms with van der Waals surface area (Å²) >= 11 is 0. The number of carbonyl (C=O) groups is 1. The molecule has 1 aromatic heterocycles. The van der Waals surface area contributed by atoms with Gasteiger partial charge in [-0.1, -0.05) is 0 Å². The second kappa shape index (κ2) is 7.96. The quantitative estimate of drug-likeness (QED) is 0.863. The van der Waals surface area contributed by atoms with E-state index in [1.54, 1.807) is 0 Å². The molecule has 0 atom stereocenters. The average molecular weight is 285 g/mol. The van der Waals surface area contributed by atoms with E-state index in [1.807, 2.05) is 25.4 Å². The fourth-order valence-corrected chi connectivity index (χ4v) is 2.07. The molecule has 1 aliphatic rings. The summed E-state index contributed by atoms with van der Waals surface area (Å²) in [6, 6.07) is 3.89. The average Bonchev–Trinajstić information content (AvgIpc) is 2.91. The van der Waals surface area contributed by atoms with Crippen molar-refractivity contribution in [3.05, 3.63) is 18.3 Å². The summed E-state index contributed by atoms with van der Waals surface area (Å²) in [6.45, 7) is 2.89. The zero-order valence-corrected chi connectivity index (χ0v) is 12.0. The Morgan fingerprint density at radius 2 is 2.11 bits per heavy atom. The Kier molecular flexibility index (Phi) is 6.59. The summed E-state index contributed by atoms with van der Waals surface area (Å²) in [7, 11) is 1.83. The van der Waals surface area contributed by atoms with Gasteiger partial charge in [-0.25, -0.2) is 4.98 Å². The number of amides is 1. The smallest absolute Gasteiger partial charge is 0.226 e. The molecule has 1 aromatic rings. The fourth-order valence-electron chi connectivity index (χ4n) is 2.07. The third-order valence-electron chi connectivity index (χ3n) is 3.09. The molecule has 106 valence electrons. The van der Waals surface area contributed by atoms with E-state index in [1.165, 1.54) is 12.8 Å². The lowest BCUT2D eigenvalue weighted by atomic mass is 10.3. The van der Waals surface area contributed by atoms with Crippen molar-refractivity contribution in [3.63, 3.8) is 0 Å². The minimum Gasteiger partial charge on any atom is -0.370 e. The molecule has 5 nitrogen and oxygen atoms in total. The summed E-state index contributed by atoms with van der Waals surface area (Å²) in [5.74, 6) is 0.616. The van der Waals surface area contributed by atoms with Gasteiger partial charge in [0.05, 0.1) is 11.9 Å². The molecule has 2 rings (SSSR count). The Balaban J connectivity index is 0.00000180. The molecule has 0 saturated carbocycles. The van der Waals surface area contributed by atoms with Crippen molar-refractivity contribution in [3.8, 4) is 0 Å². The van der Waals surface area contributed by atoms with E-state index in [0.717, 1.165) is 18.8 Å². The summed E-state index contributed by atoms with van der Waals surface area (Å²) in [5, 5.41) is 5.73. The molecule has 1 fully saturated rings. The molecule has 1 saturated heterocycles. The van der Waals surface area contributed by atoms with Gasteiger partial charge in [0.25, 0.3) is 0 Å². The van der Waals surface area contributed by atoms with Crippen LogP contribution in [0.4, 0.5) is 11.5 Å². The predicted octanol–water partition coefficient (Wildman–Crippen LogP) is 1.65. The predicted molar refractivity (Wildman–Crippen MR) is 80.1 cm³/mol. The lowest BCUT2D eigenvalue weighted by Crippen LogP contribution is -2.20. The van der Waals surface area contributed by atoms with Crippen LogP contribution in [0, 0.1) is 0 Å². The van der Waals surface area contributed by atoms with Crippen LogP contribution in [-0.4, -0.2) is 37.6 Å². The molecule has 0 spiro atoms. The molecule has 2 N–H and O–H groups in total. The zero-order valence-electron chi connectivity index (χ0n) is 11.2. The number of anilines is 2. The van der Waals surface area contributed by atoms with Crippen LogP contribution in [0.25, 0.3) is 0 Å². The molecular formula is C13H21ClN4O. The Labute approximate surface area is 120 Å². The first-order valence-corrected chi connectivity index (χ1v) is 6.45. The van der Waals surface area contributed by atoms with E-state index >= 15 is 0 Å². The lowest BCUT2D eigenvalue weighted by Gasteiger charge is -2.17. The summed E-state index contributed by atoms with van der Waals surface area (Å²) < 4.78 is 0. The number of hydrogen-bond donors (Lipinski definition) is 2. The minimum absolute atomic E-state index is 0. The molecule has 0 unspecified atom stereocenters. The number of halogens is 1. The van der Waals surface area contributed by atoms with Crippen LogP contribution in [0.3, 0.4) is 0 Å². The van der Waals surface area contributed by atoms with Gasteiger partial charge >= 0.3 is 0 Å². The molecule has 1 amide bonds. The Hall–Kier alpha value is -1.33. The molecular weight excluding hydrogens is 264 g/mol. The number of carbonyl (C=O) groups excluding carboxylic acids is 1. The number of aromatic nitrogens is 1. The van der Waals surface area contributed by atoms with Gasteiger partial charge < -0.3 is 15.5 Å². The number of nitrogens with zero attached hydrogens (tertiary/aromatic N) is 2. The van der Waals surface area contributed by atoms with E-state index in [2.05, 4.69) is 20.5 Å². The highest BCUT2D eigenvalue weighted by molar-refractivity contribution is 5.89. The van der Waals surface area contributed by atoms with Crippen molar-refractivity contribution in [2.24, 2.45) is 0 Å². The first-order valence-electron chi connectivity index (χ1n) is 6.45. The van der Waals surface area contributed by atoms with E-state index in [0.29, 0.717) is 18.8 Å². The van der Waals surface area contributed by atoms with Crippen molar-refractivity contribution in [1.29, 1.82) is 0 Å². The van der Waals surface area contributed by atoms with Crippen molar-refractivity contribution < 1.29 is 4.79 Å². The zero-order chi connectivity index (χ0) is 12.8. The van der Waals surface area contributed by atoms with Crippen LogP contribution in [0.2, 0.25) is 0 Å². The van der Waals surface area contributed by atoms with Gasteiger partial charge in [0.2, 0.25) is 5.91 Å². The second-order valence-corrected chi connectivity index (χ2v) is 4.50. The first-order chi connectivity index (χ1) is 8.79. The third-order valence-corrected chi connectivity index (χ3v) is 3.09. The molecule has 1 aliphatic heterocycles. The maximum atomic E-state index is 11.5. The van der Waals surface area contributed by atoms with Gasteiger partial charge in [-0.15, -0.1) is 12.4 Å². The SMILES string of the molecule is CNCCC(=O)Nc1ccc(N2CCCC2)cn1.Cl. The van der Waals surface area contributed by atoms with Crippen LogP contribution >= 0.6 is 12.4 Å². The monoisotopic (exact) mass is 284 g/mol. The molecule has 6 heteroatoms. The summed E-state index contributed by atoms with van der Waals surface area (Å²) in [6.07, 6.45) is 4.80. The number of pyridine rings is 1. The van der Waals surface area contributed by atoms with E-state index in [4.69, 9.17) is 0 Å². The summed E-state index contributed by atoms with van der Waals surface area (Å²) in [4.78, 5) is 18.1. The maximum absolute atomic E-state index is 11.5. The minimum atomic E-state index is -0.00854. The van der Waals surface area contributed by atoms with Crippen molar-refractivity contribution >= 4 is 29.8 Å². The van der Waals surface area contributed by atoms with Gasteiger partial charge in [-0.2, -0.15) is 0 Å². The largest absolute Gasteiger partial charge is 0.370 e. The van der Waals surface area contributed by atoms with E-state index in [-0.39, 0.29) is 18.3 Å². The number of rotatable bonds is 5. The number of nitrogens with one attached hydrogen (secondary N) is 2. The van der Waals surface area contributed by atoms with Gasteiger partial charge in [-0.05, 0) is 32.0 Å². The lowest BCUT2D eigenvalue weighted by molar-refractivity contribution is -0.116. The van der Waals surface area contributed by atoms with Crippen LogP contribution in [0.1, 0.15) is 19.3 Å². The standard InChI is InChI=1S/C13H20N4O.ClH/c1-14-7-6-13(18)16-12-5-4-11(10-15-12)17-8-2-3-9-17;/h4-5,10,14H,2-3,6-9H2,1H3,(H,15,16,18);1H. The molecule has 0 aromatic carbocycles. The van der Waals surface area contributed by atoms with E-state index < -0.39 is 0 Å². The highest BCUT2D eigenvalue weighted by Crippen LogP contribution is 2.20. The Morgan fingerprint density at radius 1 is 1.37 bits per heavy atom. The van der Waals surface area contributed by atoms with Crippen molar-refractivity contribution in [2.45, 2.75) is 19.3 Å². The van der Waals surface area contributed by atoms with Gasteiger partial charge in [-0.3, -0.25) is 4.79 Å². The van der Waals surface area contributed by atoms with Crippen LogP contribution in [0.5, 0.6) is 0 Å². The van der Waals surface area contributed by atoms with Gasteiger partial charge in [0.1, 0.15) is 5.82 Å². The Morgan fingerprint density at radius 3 is 2.68 bits per heavy atom. The van der Waals surface area contributed by atoms with Crippen molar-refractivity contribution in [1.82, 2.24) is 10.3 Å². The number of hydrogen-bond acceptors (Lipinski definition) is 4. The highest BCUT2D eigenvalue weighted by Gasteiger charge is 2.12. The topological polar surface area (TPSA) is 57.3 Å². The van der Waals surface area contributed by atoms with E-state index in [9.17, 15) is 4.79 Å². The van der Waals surface area contributed by atoms with Gasteiger partial charge in [0, 0.05) is 26.1 Å². The Bertz CT molecular complexity index is 390. The second-order valence-electron chi connectivity index (χ2n) is 4.50. The molecule has 2 heterocycles. The molecule has 19 heavy (non-hydrogen) atoms. The van der Waals surface area contributed by atoms with Crippen LogP contribution in [0.15, 0.2) is 18.3 Å². The molecule has 0 radical (unpaired) electrons. The third kappa shape index (κ3) is 4.69. The highest BCUT2D eigenvalue weighted by atomic mass is 35.5. The summed E-state index contributed by atoms with van der Waals surface area (Å²) in [5.41, 5.74) is 1.14. The van der Waals surface area contributed by atoms with Crippen LogP contribution < -0.4 is 15.5 Å². The van der Waals surface area contributed by atoms with Crippen LogP contribution in [-0.2, 0) is 4.79 Å². The van der Waals surface area contributed by atoms with Crippen molar-refractivity contribution in [2.75, 3.05) is 36.9 Å². The maximum Gasteiger partial charge on any atom is 0.226 e. The fraction of sp³-hybridized carbons (Fsp3) is 0.538.